The molecule has 0 saturated heterocycles. The van der Waals surface area contributed by atoms with Crippen LogP contribution in [0.4, 0.5) is 5.69 Å². The van der Waals surface area contributed by atoms with Crippen LogP contribution < -0.4 is 4.90 Å². The molecule has 0 atom stereocenters. The SMILES string of the molecule is CC(=O)N1C(=O)C(=O)c2cc(Br)ccc21. The minimum atomic E-state index is -0.782. The summed E-state index contributed by atoms with van der Waals surface area (Å²) >= 11 is 3.20. The molecule has 0 aromatic heterocycles. The third-order valence-corrected chi connectivity index (χ3v) is 2.65. The summed E-state index contributed by atoms with van der Waals surface area (Å²) in [5.74, 6) is -1.87. The number of nitrogens with zero attached hydrogens (tertiary/aromatic N) is 1. The molecule has 1 heterocycles. The number of carbonyl (C=O) groups excluding carboxylic acids is 3. The summed E-state index contributed by atoms with van der Waals surface area (Å²) in [7, 11) is 0. The first-order valence-corrected chi connectivity index (χ1v) is 5.00. The number of halogens is 1. The van der Waals surface area contributed by atoms with Gasteiger partial charge in [-0.05, 0) is 18.2 Å². The van der Waals surface area contributed by atoms with Crippen molar-refractivity contribution in [1.29, 1.82) is 0 Å². The van der Waals surface area contributed by atoms with Crippen LogP contribution in [0.1, 0.15) is 17.3 Å². The first kappa shape index (κ1) is 10.0. The van der Waals surface area contributed by atoms with Crippen molar-refractivity contribution in [1.82, 2.24) is 0 Å². The van der Waals surface area contributed by atoms with Crippen LogP contribution in [0.2, 0.25) is 0 Å². The van der Waals surface area contributed by atoms with E-state index in [2.05, 4.69) is 15.9 Å². The molecule has 1 aromatic rings. The first-order valence-electron chi connectivity index (χ1n) is 4.21. The molecule has 0 radical (unpaired) electrons. The third-order valence-electron chi connectivity index (χ3n) is 2.16. The van der Waals surface area contributed by atoms with E-state index >= 15 is 0 Å². The molecule has 0 saturated carbocycles. The molecule has 15 heavy (non-hydrogen) atoms. The number of carbonyl (C=O) groups is 3. The van der Waals surface area contributed by atoms with Gasteiger partial charge in [-0.2, -0.15) is 0 Å². The molecule has 0 bridgehead atoms. The molecule has 1 aromatic carbocycles. The maximum absolute atomic E-state index is 11.5. The molecule has 2 amide bonds. The summed E-state index contributed by atoms with van der Waals surface area (Å²) in [4.78, 5) is 35.0. The third kappa shape index (κ3) is 1.39. The normalized spacial score (nSPS) is 14.4. The Labute approximate surface area is 94.0 Å². The number of Topliss-reactive ketones (excluding diaryl/α,β-unsaturated/α-hetero) is 1. The van der Waals surface area contributed by atoms with Crippen LogP contribution in [0, 0.1) is 0 Å². The number of hydrogen-bond donors (Lipinski definition) is 0. The van der Waals surface area contributed by atoms with Crippen molar-refractivity contribution in [3.63, 3.8) is 0 Å². The van der Waals surface area contributed by atoms with Gasteiger partial charge < -0.3 is 0 Å². The highest BCUT2D eigenvalue weighted by Gasteiger charge is 2.38. The van der Waals surface area contributed by atoms with Crippen LogP contribution in [-0.2, 0) is 9.59 Å². The molecule has 5 heteroatoms. The number of amides is 2. The molecule has 0 aliphatic carbocycles. The smallest absolute Gasteiger partial charge is 0.283 e. The van der Waals surface area contributed by atoms with Gasteiger partial charge in [-0.1, -0.05) is 15.9 Å². The quantitative estimate of drug-likeness (QED) is 0.670. The van der Waals surface area contributed by atoms with Gasteiger partial charge in [0, 0.05) is 11.4 Å². The van der Waals surface area contributed by atoms with Gasteiger partial charge >= 0.3 is 5.91 Å². The van der Waals surface area contributed by atoms with Crippen molar-refractivity contribution in [2.45, 2.75) is 6.92 Å². The van der Waals surface area contributed by atoms with Crippen molar-refractivity contribution >= 4 is 39.2 Å². The molecule has 1 aliphatic heterocycles. The molecule has 0 spiro atoms. The largest absolute Gasteiger partial charge is 0.306 e. The molecule has 4 nitrogen and oxygen atoms in total. The van der Waals surface area contributed by atoms with Gasteiger partial charge in [-0.3, -0.25) is 14.4 Å². The van der Waals surface area contributed by atoms with Gasteiger partial charge in [0.2, 0.25) is 5.91 Å². The van der Waals surface area contributed by atoms with Gasteiger partial charge in [0.15, 0.2) is 0 Å². The minimum Gasteiger partial charge on any atom is -0.283 e. The van der Waals surface area contributed by atoms with Gasteiger partial charge in [0.05, 0.1) is 11.3 Å². The second kappa shape index (κ2) is 3.27. The maximum Gasteiger partial charge on any atom is 0.306 e. The van der Waals surface area contributed by atoms with Gasteiger partial charge in [-0.25, -0.2) is 4.90 Å². The Balaban J connectivity index is 2.66. The van der Waals surface area contributed by atoms with Crippen molar-refractivity contribution in [3.05, 3.63) is 28.2 Å². The van der Waals surface area contributed by atoms with E-state index in [-0.39, 0.29) is 5.56 Å². The highest BCUT2D eigenvalue weighted by atomic mass is 79.9. The second-order valence-corrected chi connectivity index (χ2v) is 4.07. The molecule has 0 fully saturated rings. The van der Waals surface area contributed by atoms with Crippen LogP contribution in [0.15, 0.2) is 22.7 Å². The highest BCUT2D eigenvalue weighted by Crippen LogP contribution is 2.31. The Kier molecular flexibility index (Phi) is 2.19. The fourth-order valence-electron chi connectivity index (χ4n) is 1.52. The van der Waals surface area contributed by atoms with Crippen molar-refractivity contribution in [2.75, 3.05) is 4.90 Å². The van der Waals surface area contributed by atoms with Gasteiger partial charge in [0.1, 0.15) is 0 Å². The number of benzene rings is 1. The summed E-state index contributed by atoms with van der Waals surface area (Å²) in [6.45, 7) is 1.25. The Morgan fingerprint density at radius 1 is 1.33 bits per heavy atom. The first-order chi connectivity index (χ1) is 7.02. The second-order valence-electron chi connectivity index (χ2n) is 3.15. The zero-order valence-electron chi connectivity index (χ0n) is 7.78. The molecule has 2 rings (SSSR count). The van der Waals surface area contributed by atoms with E-state index in [1.54, 1.807) is 18.2 Å². The zero-order chi connectivity index (χ0) is 11.2. The van der Waals surface area contributed by atoms with E-state index in [1.165, 1.54) is 6.92 Å². The van der Waals surface area contributed by atoms with Crippen molar-refractivity contribution in [3.8, 4) is 0 Å². The van der Waals surface area contributed by atoms with Crippen LogP contribution in [-0.4, -0.2) is 17.6 Å². The standard InChI is InChI=1S/C10H6BrNO3/c1-5(13)12-8-3-2-6(11)4-7(8)9(14)10(12)15/h2-4H,1H3. The number of fused-ring (bicyclic) bond motifs is 1. The lowest BCUT2D eigenvalue weighted by molar-refractivity contribution is -0.122. The molecule has 0 unspecified atom stereocenters. The van der Waals surface area contributed by atoms with Crippen LogP contribution in [0.5, 0.6) is 0 Å². The van der Waals surface area contributed by atoms with E-state index in [9.17, 15) is 14.4 Å². The average Bonchev–Trinajstić information content (AvgIpc) is 2.41. The average molecular weight is 268 g/mol. The van der Waals surface area contributed by atoms with Gasteiger partial charge in [0.25, 0.3) is 5.78 Å². The van der Waals surface area contributed by atoms with E-state index in [0.717, 1.165) is 4.90 Å². The molecular formula is C10H6BrNO3. The van der Waals surface area contributed by atoms with E-state index in [4.69, 9.17) is 0 Å². The lowest BCUT2D eigenvalue weighted by Gasteiger charge is -2.10. The predicted octanol–water partition coefficient (Wildman–Crippen LogP) is 1.52. The summed E-state index contributed by atoms with van der Waals surface area (Å²) in [5, 5.41) is 0. The number of anilines is 1. The highest BCUT2D eigenvalue weighted by molar-refractivity contribution is 9.10. The number of ketones is 1. The Hall–Kier alpha value is -1.49. The molecular weight excluding hydrogens is 262 g/mol. The monoisotopic (exact) mass is 267 g/mol. The minimum absolute atomic E-state index is 0.268. The van der Waals surface area contributed by atoms with Gasteiger partial charge in [-0.15, -0.1) is 0 Å². The molecule has 1 aliphatic rings. The lowest BCUT2D eigenvalue weighted by Crippen LogP contribution is -2.33. The topological polar surface area (TPSA) is 54.5 Å². The Bertz CT molecular complexity index is 495. The van der Waals surface area contributed by atoms with Crippen molar-refractivity contribution < 1.29 is 14.4 Å². The predicted molar refractivity (Wildman–Crippen MR) is 56.6 cm³/mol. The number of imide groups is 1. The van der Waals surface area contributed by atoms with Crippen LogP contribution >= 0.6 is 15.9 Å². The number of rotatable bonds is 0. The fraction of sp³-hybridized carbons (Fsp3) is 0.100. The number of hydrogen-bond acceptors (Lipinski definition) is 3. The summed E-state index contributed by atoms with van der Waals surface area (Å²) in [5.41, 5.74) is 0.630. The molecule has 76 valence electrons. The fourth-order valence-corrected chi connectivity index (χ4v) is 1.88. The zero-order valence-corrected chi connectivity index (χ0v) is 9.37. The Morgan fingerprint density at radius 3 is 2.60 bits per heavy atom. The van der Waals surface area contributed by atoms with Crippen LogP contribution in [0.3, 0.4) is 0 Å². The summed E-state index contributed by atoms with van der Waals surface area (Å²) < 4.78 is 0.702. The van der Waals surface area contributed by atoms with E-state index < -0.39 is 17.6 Å². The van der Waals surface area contributed by atoms with Crippen LogP contribution in [0.25, 0.3) is 0 Å². The van der Waals surface area contributed by atoms with Crippen molar-refractivity contribution in [2.24, 2.45) is 0 Å². The van der Waals surface area contributed by atoms with E-state index in [1.807, 2.05) is 0 Å². The lowest BCUT2D eigenvalue weighted by atomic mass is 10.1. The summed E-state index contributed by atoms with van der Waals surface area (Å²) in [6.07, 6.45) is 0. The maximum atomic E-state index is 11.5. The Morgan fingerprint density at radius 2 is 2.00 bits per heavy atom. The summed E-state index contributed by atoms with van der Waals surface area (Å²) in [6, 6.07) is 4.79. The van der Waals surface area contributed by atoms with E-state index in [0.29, 0.717) is 10.2 Å². The molecule has 0 N–H and O–H groups in total.